The fourth-order valence-corrected chi connectivity index (χ4v) is 5.38. The van der Waals surface area contributed by atoms with Crippen molar-refractivity contribution >= 4 is 13.3 Å². The summed E-state index contributed by atoms with van der Waals surface area (Å²) in [5, 5.41) is 8.14. The Labute approximate surface area is 136 Å². The van der Waals surface area contributed by atoms with E-state index in [1.807, 2.05) is 35.2 Å². The quantitative estimate of drug-likeness (QED) is 0.516. The van der Waals surface area contributed by atoms with Crippen LogP contribution in [0.2, 0.25) is 0 Å². The molecular weight excluding hydrogens is 315 g/mol. The molecule has 1 aliphatic rings. The molecule has 0 aromatic heterocycles. The Hall–Kier alpha value is -1.20. The highest BCUT2D eigenvalue weighted by molar-refractivity contribution is 7.61. The number of aliphatic carboxylic acids is 1. The normalized spacial score (nSPS) is 28.6. The minimum absolute atomic E-state index is 0.0226. The lowest BCUT2D eigenvalue weighted by molar-refractivity contribution is -0.141. The topological polar surface area (TPSA) is 104 Å². The summed E-state index contributed by atoms with van der Waals surface area (Å²) in [4.78, 5) is 24.2. The highest BCUT2D eigenvalue weighted by Crippen LogP contribution is 2.59. The summed E-state index contributed by atoms with van der Waals surface area (Å²) in [6.45, 7) is 1.59. The average Bonchev–Trinajstić information content (AvgIpc) is 2.51. The van der Waals surface area contributed by atoms with Crippen molar-refractivity contribution in [3.8, 4) is 0 Å². The van der Waals surface area contributed by atoms with E-state index < -0.39 is 18.5 Å². The number of rotatable bonds is 7. The summed E-state index contributed by atoms with van der Waals surface area (Å²) in [5.74, 6) is -1.17. The summed E-state index contributed by atoms with van der Waals surface area (Å²) in [5.41, 5.74) is 6.54. The van der Waals surface area contributed by atoms with Crippen LogP contribution >= 0.6 is 7.37 Å². The first kappa shape index (κ1) is 18.1. The number of nitrogens with two attached hydrogens (primary N) is 1. The molecule has 2 rings (SSSR count). The van der Waals surface area contributed by atoms with E-state index >= 15 is 0 Å². The molecule has 1 unspecified atom stereocenters. The maximum Gasteiger partial charge on any atom is 0.320 e. The van der Waals surface area contributed by atoms with Crippen molar-refractivity contribution in [1.29, 1.82) is 0 Å². The second-order valence-electron chi connectivity index (χ2n) is 6.20. The van der Waals surface area contributed by atoms with Crippen molar-refractivity contribution in [1.82, 2.24) is 4.90 Å². The van der Waals surface area contributed by atoms with E-state index in [1.165, 1.54) is 0 Å². The number of carbonyl (C=O) groups is 1. The van der Waals surface area contributed by atoms with Crippen LogP contribution in [0.25, 0.3) is 0 Å². The van der Waals surface area contributed by atoms with Crippen LogP contribution in [0.15, 0.2) is 30.3 Å². The molecule has 23 heavy (non-hydrogen) atoms. The van der Waals surface area contributed by atoms with E-state index in [1.54, 1.807) is 0 Å². The monoisotopic (exact) mass is 340 g/mol. The Bertz CT molecular complexity index is 581. The standard InChI is InChI=1S/C16H25N2O4P/c17-9-5-4-8-16(15(19)20)13-18(10-11-23(16,21)22)12-14-6-2-1-3-7-14/h1-3,6-7H,4-5,8-13,17H2,(H,19,20)(H,21,22)/t16-/m1/s1. The van der Waals surface area contributed by atoms with E-state index in [2.05, 4.69) is 0 Å². The van der Waals surface area contributed by atoms with Gasteiger partial charge in [-0.15, -0.1) is 0 Å². The van der Waals surface area contributed by atoms with Gasteiger partial charge in [0.15, 0.2) is 5.16 Å². The zero-order chi connectivity index (χ0) is 16.9. The first-order valence-corrected chi connectivity index (χ1v) is 9.77. The Balaban J connectivity index is 2.18. The summed E-state index contributed by atoms with van der Waals surface area (Å²) < 4.78 is 12.6. The van der Waals surface area contributed by atoms with Gasteiger partial charge in [-0.3, -0.25) is 14.3 Å². The molecule has 1 aromatic rings. The Morgan fingerprint density at radius 2 is 2.00 bits per heavy atom. The van der Waals surface area contributed by atoms with Crippen molar-refractivity contribution in [2.75, 3.05) is 25.8 Å². The van der Waals surface area contributed by atoms with Gasteiger partial charge in [0.2, 0.25) is 7.37 Å². The van der Waals surface area contributed by atoms with Gasteiger partial charge in [0.1, 0.15) is 0 Å². The summed E-state index contributed by atoms with van der Waals surface area (Å²) in [7, 11) is -3.75. The largest absolute Gasteiger partial charge is 0.480 e. The number of benzene rings is 1. The van der Waals surface area contributed by atoms with Crippen molar-refractivity contribution < 1.29 is 19.4 Å². The lowest BCUT2D eigenvalue weighted by Crippen LogP contribution is -2.53. The number of carboxylic acid groups (broad SMARTS) is 1. The molecule has 0 saturated carbocycles. The van der Waals surface area contributed by atoms with Gasteiger partial charge < -0.3 is 15.7 Å². The van der Waals surface area contributed by atoms with Crippen LogP contribution in [0.1, 0.15) is 24.8 Å². The predicted molar refractivity (Wildman–Crippen MR) is 89.7 cm³/mol. The molecule has 1 heterocycles. The molecule has 1 saturated heterocycles. The lowest BCUT2D eigenvalue weighted by atomic mass is 9.99. The van der Waals surface area contributed by atoms with E-state index in [9.17, 15) is 19.4 Å². The molecule has 0 radical (unpaired) electrons. The van der Waals surface area contributed by atoms with Gasteiger partial charge in [0.05, 0.1) is 0 Å². The molecule has 0 spiro atoms. The Morgan fingerprint density at radius 1 is 1.30 bits per heavy atom. The SMILES string of the molecule is NCCCC[C@]1(C(=O)O)CN(Cc2ccccc2)CCP1(=O)O. The Morgan fingerprint density at radius 3 is 2.61 bits per heavy atom. The molecule has 2 atom stereocenters. The molecule has 7 heteroatoms. The maximum atomic E-state index is 12.6. The van der Waals surface area contributed by atoms with Gasteiger partial charge in [0.25, 0.3) is 0 Å². The van der Waals surface area contributed by atoms with Gasteiger partial charge in [-0.1, -0.05) is 36.8 Å². The molecule has 0 aliphatic carbocycles. The predicted octanol–water partition coefficient (Wildman–Crippen LogP) is 1.72. The highest BCUT2D eigenvalue weighted by atomic mass is 31.2. The smallest absolute Gasteiger partial charge is 0.320 e. The van der Waals surface area contributed by atoms with E-state index in [0.717, 1.165) is 5.56 Å². The lowest BCUT2D eigenvalue weighted by Gasteiger charge is -2.43. The molecule has 0 bridgehead atoms. The highest BCUT2D eigenvalue weighted by Gasteiger charge is 2.56. The second kappa shape index (κ2) is 7.58. The third-order valence-corrected chi connectivity index (χ3v) is 7.27. The number of unbranched alkanes of at least 4 members (excludes halogenated alkanes) is 1. The third-order valence-electron chi connectivity index (χ3n) is 4.56. The summed E-state index contributed by atoms with van der Waals surface area (Å²) in [6, 6.07) is 9.74. The van der Waals surface area contributed by atoms with Gasteiger partial charge in [-0.25, -0.2) is 0 Å². The molecule has 1 aromatic carbocycles. The average molecular weight is 340 g/mol. The molecule has 0 amide bonds. The van der Waals surface area contributed by atoms with E-state index in [-0.39, 0.29) is 19.1 Å². The van der Waals surface area contributed by atoms with E-state index in [4.69, 9.17) is 5.73 Å². The zero-order valence-electron chi connectivity index (χ0n) is 13.2. The van der Waals surface area contributed by atoms with Crippen molar-refractivity contribution in [2.24, 2.45) is 5.73 Å². The number of hydrogen-bond donors (Lipinski definition) is 3. The minimum Gasteiger partial charge on any atom is -0.480 e. The maximum absolute atomic E-state index is 12.6. The molecule has 128 valence electrons. The number of nitrogens with zero attached hydrogens (tertiary/aromatic N) is 1. The number of carboxylic acids is 1. The van der Waals surface area contributed by atoms with Gasteiger partial charge in [-0.2, -0.15) is 0 Å². The first-order chi connectivity index (χ1) is 10.9. The summed E-state index contributed by atoms with van der Waals surface area (Å²) in [6.07, 6.45) is 1.42. The summed E-state index contributed by atoms with van der Waals surface area (Å²) >= 11 is 0. The van der Waals surface area contributed by atoms with Crippen LogP contribution in [-0.4, -0.2) is 51.8 Å². The fourth-order valence-electron chi connectivity index (χ4n) is 3.17. The molecule has 6 nitrogen and oxygen atoms in total. The van der Waals surface area contributed by atoms with Crippen molar-refractivity contribution in [3.63, 3.8) is 0 Å². The fraction of sp³-hybridized carbons (Fsp3) is 0.562. The number of hydrogen-bond acceptors (Lipinski definition) is 4. The van der Waals surface area contributed by atoms with Crippen molar-refractivity contribution in [3.05, 3.63) is 35.9 Å². The molecule has 1 aliphatic heterocycles. The van der Waals surface area contributed by atoms with Crippen LogP contribution in [0, 0.1) is 0 Å². The van der Waals surface area contributed by atoms with Crippen molar-refractivity contribution in [2.45, 2.75) is 31.0 Å². The zero-order valence-corrected chi connectivity index (χ0v) is 14.1. The van der Waals surface area contributed by atoms with E-state index in [0.29, 0.717) is 32.5 Å². The Kier molecular flexibility index (Phi) is 5.98. The van der Waals surface area contributed by atoms with Crippen LogP contribution < -0.4 is 5.73 Å². The van der Waals surface area contributed by atoms with Gasteiger partial charge in [0, 0.05) is 25.8 Å². The molecule has 1 fully saturated rings. The van der Waals surface area contributed by atoms with Crippen LogP contribution in [0.5, 0.6) is 0 Å². The van der Waals surface area contributed by atoms with Crippen LogP contribution in [-0.2, 0) is 15.9 Å². The third kappa shape index (κ3) is 4.01. The van der Waals surface area contributed by atoms with Gasteiger partial charge in [-0.05, 0) is 24.9 Å². The van der Waals surface area contributed by atoms with Crippen LogP contribution in [0.4, 0.5) is 0 Å². The molecular formula is C16H25N2O4P. The first-order valence-electron chi connectivity index (χ1n) is 7.93. The second-order valence-corrected chi connectivity index (χ2v) is 8.91. The minimum atomic E-state index is -3.75. The molecule has 4 N–H and O–H groups in total. The van der Waals surface area contributed by atoms with Crippen LogP contribution in [0.3, 0.4) is 0 Å². The van der Waals surface area contributed by atoms with Gasteiger partial charge >= 0.3 is 5.97 Å².